The van der Waals surface area contributed by atoms with Crippen molar-refractivity contribution in [1.29, 1.82) is 0 Å². The fourth-order valence-electron chi connectivity index (χ4n) is 2.80. The summed E-state index contributed by atoms with van der Waals surface area (Å²) in [7, 11) is 0. The van der Waals surface area contributed by atoms with E-state index in [9.17, 15) is 4.79 Å². The zero-order valence-electron chi connectivity index (χ0n) is 12.2. The minimum absolute atomic E-state index is 0.109. The van der Waals surface area contributed by atoms with E-state index >= 15 is 0 Å². The summed E-state index contributed by atoms with van der Waals surface area (Å²) in [6.45, 7) is 7.59. The lowest BCUT2D eigenvalue weighted by Crippen LogP contribution is -2.48. The second-order valence-electron chi connectivity index (χ2n) is 5.79. The number of fused-ring (bicyclic) bond motifs is 2. The third-order valence-electron chi connectivity index (χ3n) is 3.61. The number of hydrogen-bond donors (Lipinski definition) is 2. The number of carbonyl (C=O) groups is 1. The molecular formula is C15H20N4O. The Morgan fingerprint density at radius 3 is 3.00 bits per heavy atom. The molecular weight excluding hydrogens is 252 g/mol. The number of aryl methyl sites for hydroxylation is 1. The third kappa shape index (κ3) is 2.29. The van der Waals surface area contributed by atoms with Crippen LogP contribution in [0.25, 0.3) is 5.57 Å². The Hall–Kier alpha value is -1.88. The Morgan fingerprint density at radius 1 is 1.45 bits per heavy atom. The molecule has 20 heavy (non-hydrogen) atoms. The van der Waals surface area contributed by atoms with E-state index in [0.29, 0.717) is 19.0 Å². The van der Waals surface area contributed by atoms with Gasteiger partial charge < -0.3 is 5.32 Å². The summed E-state index contributed by atoms with van der Waals surface area (Å²) in [6, 6.07) is 2.48. The first kappa shape index (κ1) is 13.1. The molecule has 0 saturated carbocycles. The van der Waals surface area contributed by atoms with Crippen LogP contribution in [0.1, 0.15) is 31.4 Å². The van der Waals surface area contributed by atoms with Gasteiger partial charge in [0.25, 0.3) is 0 Å². The average molecular weight is 272 g/mol. The van der Waals surface area contributed by atoms with E-state index in [1.54, 1.807) is 0 Å². The smallest absolute Gasteiger partial charge is 0.224 e. The van der Waals surface area contributed by atoms with Gasteiger partial charge in [-0.05, 0) is 43.5 Å². The summed E-state index contributed by atoms with van der Waals surface area (Å²) in [5, 5.41) is 5.00. The third-order valence-corrected chi connectivity index (χ3v) is 3.61. The number of nitrogens with one attached hydrogen (secondary N) is 2. The molecule has 1 aromatic heterocycles. The molecule has 0 atom stereocenters. The van der Waals surface area contributed by atoms with Crippen molar-refractivity contribution in [3.8, 4) is 0 Å². The van der Waals surface area contributed by atoms with E-state index in [1.165, 1.54) is 11.1 Å². The van der Waals surface area contributed by atoms with Crippen LogP contribution in [0.3, 0.4) is 0 Å². The van der Waals surface area contributed by atoms with Gasteiger partial charge in [-0.15, -0.1) is 0 Å². The Bertz CT molecular complexity index is 592. The number of carbonyl (C=O) groups excluding carboxylic acids is 1. The van der Waals surface area contributed by atoms with Crippen LogP contribution in [0.4, 0.5) is 5.82 Å². The van der Waals surface area contributed by atoms with Crippen LogP contribution in [0, 0.1) is 6.92 Å². The summed E-state index contributed by atoms with van der Waals surface area (Å²) in [6.07, 6.45) is 2.37. The maximum Gasteiger partial charge on any atom is 0.224 e. The van der Waals surface area contributed by atoms with E-state index in [-0.39, 0.29) is 5.91 Å². The number of pyridine rings is 1. The number of hydrazine groups is 1. The lowest BCUT2D eigenvalue weighted by molar-refractivity contribution is -0.120. The minimum Gasteiger partial charge on any atom is -0.352 e. The summed E-state index contributed by atoms with van der Waals surface area (Å²) in [5.74, 6) is 1.07. The monoisotopic (exact) mass is 272 g/mol. The molecule has 2 N–H and O–H groups in total. The number of hydrogen-bond acceptors (Lipinski definition) is 4. The van der Waals surface area contributed by atoms with Crippen molar-refractivity contribution in [3.63, 3.8) is 0 Å². The molecule has 0 radical (unpaired) electrons. The van der Waals surface area contributed by atoms with Crippen LogP contribution in [-0.2, 0) is 4.79 Å². The molecule has 5 nitrogen and oxygen atoms in total. The molecule has 1 aromatic rings. The van der Waals surface area contributed by atoms with Crippen molar-refractivity contribution < 1.29 is 4.79 Å². The minimum atomic E-state index is 0.109. The molecule has 2 aliphatic heterocycles. The highest BCUT2D eigenvalue weighted by Gasteiger charge is 2.29. The normalized spacial score (nSPS) is 18.0. The highest BCUT2D eigenvalue weighted by Crippen LogP contribution is 2.35. The van der Waals surface area contributed by atoms with E-state index in [0.717, 1.165) is 23.5 Å². The Labute approximate surface area is 119 Å². The summed E-state index contributed by atoms with van der Waals surface area (Å²) >= 11 is 0. The molecule has 0 spiro atoms. The van der Waals surface area contributed by atoms with E-state index in [2.05, 4.69) is 40.6 Å². The van der Waals surface area contributed by atoms with Crippen LogP contribution in [0.5, 0.6) is 0 Å². The molecule has 5 heteroatoms. The maximum atomic E-state index is 11.6. The first-order valence-electron chi connectivity index (χ1n) is 7.03. The molecule has 0 unspecified atom stereocenters. The van der Waals surface area contributed by atoms with Gasteiger partial charge in [0, 0.05) is 24.3 Å². The van der Waals surface area contributed by atoms with Crippen molar-refractivity contribution in [2.45, 2.75) is 33.2 Å². The Morgan fingerprint density at radius 2 is 2.25 bits per heavy atom. The largest absolute Gasteiger partial charge is 0.352 e. The van der Waals surface area contributed by atoms with Gasteiger partial charge in [-0.1, -0.05) is 0 Å². The van der Waals surface area contributed by atoms with Crippen LogP contribution in [0.15, 0.2) is 17.8 Å². The molecule has 0 saturated heterocycles. The Kier molecular flexibility index (Phi) is 3.22. The first-order valence-corrected chi connectivity index (χ1v) is 7.03. The highest BCUT2D eigenvalue weighted by molar-refractivity contribution is 5.92. The highest BCUT2D eigenvalue weighted by atomic mass is 16.1. The average Bonchev–Trinajstić information content (AvgIpc) is 2.37. The predicted molar refractivity (Wildman–Crippen MR) is 79.1 cm³/mol. The number of aromatic nitrogens is 1. The topological polar surface area (TPSA) is 57.3 Å². The van der Waals surface area contributed by atoms with Crippen LogP contribution in [0.2, 0.25) is 0 Å². The maximum absolute atomic E-state index is 11.6. The van der Waals surface area contributed by atoms with Gasteiger partial charge in [0.2, 0.25) is 5.91 Å². The van der Waals surface area contributed by atoms with Gasteiger partial charge in [-0.25, -0.2) is 10.4 Å². The Balaban J connectivity index is 2.07. The molecule has 0 bridgehead atoms. The van der Waals surface area contributed by atoms with E-state index in [4.69, 9.17) is 0 Å². The number of anilines is 1. The van der Waals surface area contributed by atoms with E-state index in [1.807, 2.05) is 13.1 Å². The fourth-order valence-corrected chi connectivity index (χ4v) is 2.80. The van der Waals surface area contributed by atoms with Crippen LogP contribution < -0.4 is 15.8 Å². The molecule has 106 valence electrons. The van der Waals surface area contributed by atoms with Gasteiger partial charge in [0.1, 0.15) is 0 Å². The number of nitrogens with zero attached hydrogens (tertiary/aromatic N) is 2. The van der Waals surface area contributed by atoms with E-state index < -0.39 is 0 Å². The SMILES string of the molecule is Cc1cnc2c(c1)C1=C(CC(=O)NC1)CN2NC(C)C. The predicted octanol–water partition coefficient (Wildman–Crippen LogP) is 1.40. The lowest BCUT2D eigenvalue weighted by Gasteiger charge is -2.36. The van der Waals surface area contributed by atoms with Crippen molar-refractivity contribution >= 4 is 17.3 Å². The lowest BCUT2D eigenvalue weighted by atomic mass is 9.91. The quantitative estimate of drug-likeness (QED) is 0.854. The standard InChI is InChI=1S/C15H20N4O/c1-9(2)18-19-8-11-5-14(20)16-7-13(11)12-4-10(3)6-17-15(12)19/h4,6,9,18H,5,7-8H2,1-3H3,(H,16,20). The molecule has 0 fully saturated rings. The molecule has 3 rings (SSSR count). The van der Waals surface area contributed by atoms with Gasteiger partial charge in [0.05, 0.1) is 13.0 Å². The first-order chi connectivity index (χ1) is 9.54. The van der Waals surface area contributed by atoms with Gasteiger partial charge in [0.15, 0.2) is 5.82 Å². The van der Waals surface area contributed by atoms with Crippen LogP contribution in [-0.4, -0.2) is 30.0 Å². The zero-order chi connectivity index (χ0) is 14.3. The van der Waals surface area contributed by atoms with Crippen molar-refractivity contribution in [3.05, 3.63) is 29.0 Å². The number of rotatable bonds is 2. The van der Waals surface area contributed by atoms with Crippen molar-refractivity contribution in [1.82, 2.24) is 15.7 Å². The van der Waals surface area contributed by atoms with Crippen LogP contribution >= 0.6 is 0 Å². The van der Waals surface area contributed by atoms with Gasteiger partial charge in [-0.3, -0.25) is 9.80 Å². The zero-order valence-corrected chi connectivity index (χ0v) is 12.2. The van der Waals surface area contributed by atoms with Crippen molar-refractivity contribution in [2.75, 3.05) is 18.1 Å². The number of amides is 1. The summed E-state index contributed by atoms with van der Waals surface area (Å²) < 4.78 is 0. The summed E-state index contributed by atoms with van der Waals surface area (Å²) in [5.41, 5.74) is 8.12. The molecule has 0 aromatic carbocycles. The van der Waals surface area contributed by atoms with Gasteiger partial charge in [-0.2, -0.15) is 0 Å². The molecule has 0 aliphatic carbocycles. The van der Waals surface area contributed by atoms with Crippen molar-refractivity contribution in [2.24, 2.45) is 0 Å². The second-order valence-corrected chi connectivity index (χ2v) is 5.79. The molecule has 1 amide bonds. The molecule has 2 aliphatic rings. The summed E-state index contributed by atoms with van der Waals surface area (Å²) in [4.78, 5) is 16.2. The molecule has 3 heterocycles. The second kappa shape index (κ2) is 4.90. The van der Waals surface area contributed by atoms with Gasteiger partial charge >= 0.3 is 0 Å². The fraction of sp³-hybridized carbons (Fsp3) is 0.467.